The zero-order valence-electron chi connectivity index (χ0n) is 9.73. The number of oxime groups is 1. The summed E-state index contributed by atoms with van der Waals surface area (Å²) in [6.07, 6.45) is 5.67. The van der Waals surface area contributed by atoms with Gasteiger partial charge in [-0.15, -0.1) is 0 Å². The van der Waals surface area contributed by atoms with E-state index >= 15 is 0 Å². The molecule has 0 aromatic heterocycles. The van der Waals surface area contributed by atoms with Crippen LogP contribution in [0.15, 0.2) is 5.16 Å². The molecule has 5 nitrogen and oxygen atoms in total. The molecule has 5 heteroatoms. The third-order valence-corrected chi connectivity index (χ3v) is 3.45. The molecule has 2 aliphatic rings. The normalized spacial score (nSPS) is 27.5. The van der Waals surface area contributed by atoms with E-state index in [0.29, 0.717) is 18.3 Å². The maximum Gasteiger partial charge on any atom is 0.139 e. The minimum Gasteiger partial charge on any atom is -0.409 e. The highest BCUT2D eigenvalue weighted by Gasteiger charge is 2.33. The van der Waals surface area contributed by atoms with Crippen molar-refractivity contribution < 1.29 is 5.21 Å². The van der Waals surface area contributed by atoms with Gasteiger partial charge in [0.05, 0.1) is 0 Å². The summed E-state index contributed by atoms with van der Waals surface area (Å²) >= 11 is 0. The average Bonchev–Trinajstić information content (AvgIpc) is 3.05. The van der Waals surface area contributed by atoms with Crippen LogP contribution >= 0.6 is 0 Å². The third-order valence-electron chi connectivity index (χ3n) is 3.45. The Kier molecular flexibility index (Phi) is 4.01. The van der Waals surface area contributed by atoms with Crippen LogP contribution in [0.3, 0.4) is 0 Å². The summed E-state index contributed by atoms with van der Waals surface area (Å²) in [5, 5.41) is 14.9. The lowest BCUT2D eigenvalue weighted by atomic mass is 10.2. The molecule has 0 radical (unpaired) electrons. The van der Waals surface area contributed by atoms with Crippen molar-refractivity contribution in [1.29, 1.82) is 0 Å². The van der Waals surface area contributed by atoms with Crippen LogP contribution in [0.2, 0.25) is 0 Å². The fourth-order valence-electron chi connectivity index (χ4n) is 2.35. The second-order valence-corrected chi connectivity index (χ2v) is 4.86. The summed E-state index contributed by atoms with van der Waals surface area (Å²) in [5.41, 5.74) is 5.40. The summed E-state index contributed by atoms with van der Waals surface area (Å²) in [5.74, 6) is 0.327. The zero-order valence-corrected chi connectivity index (χ0v) is 9.73. The van der Waals surface area contributed by atoms with E-state index in [1.807, 2.05) is 0 Å². The number of likely N-dealkylation sites (tertiary alicyclic amines) is 1. The van der Waals surface area contributed by atoms with Gasteiger partial charge in [-0.05, 0) is 32.2 Å². The van der Waals surface area contributed by atoms with Crippen LogP contribution in [-0.4, -0.2) is 47.7 Å². The van der Waals surface area contributed by atoms with Gasteiger partial charge in [-0.25, -0.2) is 0 Å². The largest absolute Gasteiger partial charge is 0.409 e. The van der Waals surface area contributed by atoms with Crippen LogP contribution in [0, 0.1) is 0 Å². The number of hydrogen-bond acceptors (Lipinski definition) is 4. The molecule has 92 valence electrons. The van der Waals surface area contributed by atoms with E-state index in [1.165, 1.54) is 32.4 Å². The molecule has 0 amide bonds. The SMILES string of the molecule is NC(CCCNC1CCN(C2CC2)C1)=NO. The molecule has 1 atom stereocenters. The third kappa shape index (κ3) is 3.35. The summed E-state index contributed by atoms with van der Waals surface area (Å²) in [6.45, 7) is 3.41. The molecular formula is C11H22N4O. The zero-order chi connectivity index (χ0) is 11.4. The van der Waals surface area contributed by atoms with Crippen molar-refractivity contribution in [3.63, 3.8) is 0 Å². The first kappa shape index (κ1) is 11.7. The minimum absolute atomic E-state index is 0.327. The number of nitrogens with zero attached hydrogens (tertiary/aromatic N) is 2. The first-order valence-corrected chi connectivity index (χ1v) is 6.23. The van der Waals surface area contributed by atoms with Gasteiger partial charge in [-0.2, -0.15) is 0 Å². The van der Waals surface area contributed by atoms with Gasteiger partial charge in [0, 0.05) is 31.6 Å². The van der Waals surface area contributed by atoms with Crippen LogP contribution < -0.4 is 11.1 Å². The van der Waals surface area contributed by atoms with E-state index in [2.05, 4.69) is 15.4 Å². The highest BCUT2D eigenvalue weighted by Crippen LogP contribution is 2.29. The van der Waals surface area contributed by atoms with Gasteiger partial charge in [-0.1, -0.05) is 5.16 Å². The lowest BCUT2D eigenvalue weighted by molar-refractivity contribution is 0.315. The molecule has 0 spiro atoms. The summed E-state index contributed by atoms with van der Waals surface area (Å²) in [6, 6.07) is 1.54. The highest BCUT2D eigenvalue weighted by molar-refractivity contribution is 5.79. The monoisotopic (exact) mass is 226 g/mol. The second-order valence-electron chi connectivity index (χ2n) is 4.86. The number of nitrogens with one attached hydrogen (secondary N) is 1. The fourth-order valence-corrected chi connectivity index (χ4v) is 2.35. The Bertz CT molecular complexity index is 252. The van der Waals surface area contributed by atoms with E-state index in [1.54, 1.807) is 0 Å². The average molecular weight is 226 g/mol. The lowest BCUT2D eigenvalue weighted by Gasteiger charge is -2.15. The Morgan fingerprint density at radius 1 is 1.44 bits per heavy atom. The summed E-state index contributed by atoms with van der Waals surface area (Å²) in [7, 11) is 0. The molecule has 4 N–H and O–H groups in total. The highest BCUT2D eigenvalue weighted by atomic mass is 16.4. The molecule has 1 saturated carbocycles. The van der Waals surface area contributed by atoms with Gasteiger partial charge < -0.3 is 16.3 Å². The Morgan fingerprint density at radius 3 is 2.94 bits per heavy atom. The molecule has 0 aromatic rings. The van der Waals surface area contributed by atoms with Gasteiger partial charge >= 0.3 is 0 Å². The van der Waals surface area contributed by atoms with Gasteiger partial charge in [-0.3, -0.25) is 4.90 Å². The van der Waals surface area contributed by atoms with Gasteiger partial charge in [0.15, 0.2) is 0 Å². The van der Waals surface area contributed by atoms with Crippen LogP contribution in [0.5, 0.6) is 0 Å². The quantitative estimate of drug-likeness (QED) is 0.201. The fraction of sp³-hybridized carbons (Fsp3) is 0.909. The predicted octanol–water partition coefficient (Wildman–Crippen LogP) is 0.339. The standard InChI is InChI=1S/C11H22N4O/c12-11(14-16)2-1-6-13-9-5-7-15(8-9)10-3-4-10/h9-10,13,16H,1-8H2,(H2,12,14). The van der Waals surface area contributed by atoms with Crippen molar-refractivity contribution in [1.82, 2.24) is 10.2 Å². The number of amidine groups is 1. The molecule has 2 fully saturated rings. The van der Waals surface area contributed by atoms with Crippen molar-refractivity contribution in [2.24, 2.45) is 10.9 Å². The Balaban J connectivity index is 1.53. The topological polar surface area (TPSA) is 73.9 Å². The van der Waals surface area contributed by atoms with Crippen molar-refractivity contribution in [2.75, 3.05) is 19.6 Å². The molecular weight excluding hydrogens is 204 g/mol. The molecule has 1 aliphatic carbocycles. The number of nitrogens with two attached hydrogens (primary N) is 1. The molecule has 1 saturated heterocycles. The van der Waals surface area contributed by atoms with Crippen LogP contribution in [0.4, 0.5) is 0 Å². The van der Waals surface area contributed by atoms with Gasteiger partial charge in [0.2, 0.25) is 0 Å². The van der Waals surface area contributed by atoms with Crippen molar-refractivity contribution in [3.05, 3.63) is 0 Å². The molecule has 1 heterocycles. The number of hydrogen-bond donors (Lipinski definition) is 3. The minimum atomic E-state index is 0.327. The number of rotatable bonds is 6. The summed E-state index contributed by atoms with van der Waals surface area (Å²) < 4.78 is 0. The molecule has 16 heavy (non-hydrogen) atoms. The lowest BCUT2D eigenvalue weighted by Crippen LogP contribution is -2.34. The molecule has 1 unspecified atom stereocenters. The molecule has 0 bridgehead atoms. The van der Waals surface area contributed by atoms with Crippen molar-refractivity contribution in [3.8, 4) is 0 Å². The van der Waals surface area contributed by atoms with Gasteiger partial charge in [0.25, 0.3) is 0 Å². The van der Waals surface area contributed by atoms with E-state index in [-0.39, 0.29) is 0 Å². The van der Waals surface area contributed by atoms with Crippen LogP contribution in [0.25, 0.3) is 0 Å². The smallest absolute Gasteiger partial charge is 0.139 e. The molecule has 2 rings (SSSR count). The first-order valence-electron chi connectivity index (χ1n) is 6.23. The molecule has 0 aromatic carbocycles. The van der Waals surface area contributed by atoms with Crippen molar-refractivity contribution >= 4 is 5.84 Å². The van der Waals surface area contributed by atoms with E-state index < -0.39 is 0 Å². The van der Waals surface area contributed by atoms with E-state index in [4.69, 9.17) is 10.9 Å². The Labute approximate surface area is 96.7 Å². The van der Waals surface area contributed by atoms with E-state index in [9.17, 15) is 0 Å². The van der Waals surface area contributed by atoms with Crippen LogP contribution in [0.1, 0.15) is 32.1 Å². The van der Waals surface area contributed by atoms with E-state index in [0.717, 1.165) is 19.0 Å². The predicted molar refractivity (Wildman–Crippen MR) is 63.6 cm³/mol. The Hall–Kier alpha value is -0.810. The Morgan fingerprint density at radius 2 is 2.25 bits per heavy atom. The second kappa shape index (κ2) is 5.50. The maximum absolute atomic E-state index is 8.38. The van der Waals surface area contributed by atoms with Crippen LogP contribution in [-0.2, 0) is 0 Å². The van der Waals surface area contributed by atoms with Crippen molar-refractivity contribution in [2.45, 2.75) is 44.2 Å². The maximum atomic E-state index is 8.38. The van der Waals surface area contributed by atoms with Gasteiger partial charge in [0.1, 0.15) is 5.84 Å². The first-order chi connectivity index (χ1) is 7.79. The molecule has 1 aliphatic heterocycles. The summed E-state index contributed by atoms with van der Waals surface area (Å²) in [4.78, 5) is 2.60.